The zero-order valence-electron chi connectivity index (χ0n) is 17.4. The lowest BCUT2D eigenvalue weighted by Crippen LogP contribution is -2.35. The van der Waals surface area contributed by atoms with Gasteiger partial charge in [-0.1, -0.05) is 11.2 Å². The summed E-state index contributed by atoms with van der Waals surface area (Å²) in [6.45, 7) is 0.446. The van der Waals surface area contributed by atoms with Crippen molar-refractivity contribution in [3.8, 4) is 22.8 Å². The molecule has 162 valence electrons. The highest BCUT2D eigenvalue weighted by Crippen LogP contribution is 2.34. The summed E-state index contributed by atoms with van der Waals surface area (Å²) in [5, 5.41) is 22.1. The highest BCUT2D eigenvalue weighted by Gasteiger charge is 2.48. The van der Waals surface area contributed by atoms with E-state index in [1.807, 2.05) is 31.4 Å². The number of nitrogens with zero attached hydrogens (tertiary/aromatic N) is 7. The minimum atomic E-state index is -1.70. The van der Waals surface area contributed by atoms with Crippen LogP contribution in [0.3, 0.4) is 0 Å². The third kappa shape index (κ3) is 3.48. The van der Waals surface area contributed by atoms with Crippen LogP contribution in [-0.2, 0) is 17.4 Å². The molecule has 1 amide bonds. The molecule has 4 aromatic rings. The average Bonchev–Trinajstić information content (AvgIpc) is 3.52. The van der Waals surface area contributed by atoms with Crippen molar-refractivity contribution in [2.75, 3.05) is 18.9 Å². The Morgan fingerprint density at radius 1 is 1.09 bits per heavy atom. The molecule has 0 aliphatic carbocycles. The zero-order valence-corrected chi connectivity index (χ0v) is 17.4. The van der Waals surface area contributed by atoms with Crippen LogP contribution in [0.2, 0.25) is 0 Å². The molecule has 11 nitrogen and oxygen atoms in total. The molecule has 1 aliphatic rings. The Balaban J connectivity index is 1.42. The van der Waals surface area contributed by atoms with Crippen molar-refractivity contribution in [1.29, 1.82) is 0 Å². The minimum absolute atomic E-state index is 0.109. The molecule has 2 N–H and O–H groups in total. The molecule has 0 spiro atoms. The van der Waals surface area contributed by atoms with Crippen LogP contribution in [0.4, 0.5) is 11.8 Å². The lowest BCUT2D eigenvalue weighted by molar-refractivity contribution is -0.144. The van der Waals surface area contributed by atoms with E-state index in [9.17, 15) is 9.90 Å². The number of hydrogen-bond donors (Lipinski definition) is 2. The number of aromatic nitrogens is 6. The molecule has 1 fully saturated rings. The molecule has 0 unspecified atom stereocenters. The lowest BCUT2D eigenvalue weighted by atomic mass is 9.98. The third-order valence-corrected chi connectivity index (χ3v) is 5.31. The zero-order chi connectivity index (χ0) is 22.3. The fourth-order valence-corrected chi connectivity index (χ4v) is 3.55. The van der Waals surface area contributed by atoms with Gasteiger partial charge in [-0.3, -0.25) is 9.48 Å². The largest absolute Gasteiger partial charge is 0.373 e. The Hall–Kier alpha value is -4.12. The van der Waals surface area contributed by atoms with E-state index >= 15 is 0 Å². The first kappa shape index (κ1) is 19.8. The lowest BCUT2D eigenvalue weighted by Gasteiger charge is -2.16. The van der Waals surface area contributed by atoms with Crippen LogP contribution in [0.1, 0.15) is 12.2 Å². The molecule has 11 heteroatoms. The predicted octanol–water partition coefficient (Wildman–Crippen LogP) is 1.72. The minimum Gasteiger partial charge on any atom is -0.373 e. The second-order valence-electron chi connectivity index (χ2n) is 7.59. The number of likely N-dealkylation sites (tertiary alicyclic amines) is 1. The highest BCUT2D eigenvalue weighted by molar-refractivity contribution is 5.87. The Bertz CT molecular complexity index is 1300. The van der Waals surface area contributed by atoms with Crippen LogP contribution < -0.4 is 5.32 Å². The van der Waals surface area contributed by atoms with Gasteiger partial charge in [0.25, 0.3) is 5.91 Å². The molecule has 4 aromatic heterocycles. The van der Waals surface area contributed by atoms with Gasteiger partial charge in [0.15, 0.2) is 11.6 Å². The fourth-order valence-electron chi connectivity index (χ4n) is 3.55. The van der Waals surface area contributed by atoms with Gasteiger partial charge >= 0.3 is 0 Å². The number of nitrogens with one attached hydrogen (secondary N) is 1. The Labute approximate surface area is 182 Å². The summed E-state index contributed by atoms with van der Waals surface area (Å²) in [7, 11) is 3.47. The fraction of sp³-hybridized carbons (Fsp3) is 0.238. The number of carbonyl (C=O) groups excluding carboxylic acids is 1. The summed E-state index contributed by atoms with van der Waals surface area (Å²) < 4.78 is 7.00. The van der Waals surface area contributed by atoms with Crippen molar-refractivity contribution in [2.45, 2.75) is 12.0 Å². The summed E-state index contributed by atoms with van der Waals surface area (Å²) in [6, 6.07) is 10.5. The summed E-state index contributed by atoms with van der Waals surface area (Å²) in [4.78, 5) is 27.2. The van der Waals surface area contributed by atoms with Crippen LogP contribution in [0, 0.1) is 0 Å². The third-order valence-electron chi connectivity index (χ3n) is 5.31. The maximum atomic E-state index is 12.3. The molecule has 0 bridgehead atoms. The van der Waals surface area contributed by atoms with E-state index in [0.29, 0.717) is 41.1 Å². The van der Waals surface area contributed by atoms with Crippen molar-refractivity contribution in [3.05, 3.63) is 54.6 Å². The van der Waals surface area contributed by atoms with E-state index in [-0.39, 0.29) is 12.2 Å². The van der Waals surface area contributed by atoms with Gasteiger partial charge in [0.1, 0.15) is 5.69 Å². The van der Waals surface area contributed by atoms with E-state index in [4.69, 9.17) is 4.52 Å². The first-order chi connectivity index (χ1) is 15.4. The van der Waals surface area contributed by atoms with E-state index in [0.717, 1.165) is 0 Å². The Morgan fingerprint density at radius 2 is 1.88 bits per heavy atom. The van der Waals surface area contributed by atoms with Crippen molar-refractivity contribution in [3.63, 3.8) is 0 Å². The number of carbonyl (C=O) groups is 1. The van der Waals surface area contributed by atoms with Crippen molar-refractivity contribution in [2.24, 2.45) is 7.05 Å². The Kier molecular flexibility index (Phi) is 4.67. The highest BCUT2D eigenvalue weighted by atomic mass is 16.5. The standard InChI is InChI=1S/C21H20N8O3/c1-28-11-8-21(31,19(28)30)17-12-16(27-32-17)14-5-3-4-13(23-14)15-6-9-22-20(24-15)25-18-7-10-29(2)26-18/h3-7,9-10,12,31H,8,11H2,1-2H3,(H,22,24,25,26)/t21-/m1/s1. The van der Waals surface area contributed by atoms with Gasteiger partial charge in [-0.05, 0) is 18.2 Å². The van der Waals surface area contributed by atoms with Crippen molar-refractivity contribution >= 4 is 17.7 Å². The van der Waals surface area contributed by atoms with Gasteiger partial charge in [0.2, 0.25) is 11.5 Å². The van der Waals surface area contributed by atoms with Crippen molar-refractivity contribution < 1.29 is 14.4 Å². The maximum Gasteiger partial charge on any atom is 0.262 e. The molecule has 5 heterocycles. The SMILES string of the molecule is CN1CC[C@@](O)(c2cc(-c3cccc(-c4ccnc(Nc5ccn(C)n5)n4)n3)no2)C1=O. The van der Waals surface area contributed by atoms with Gasteiger partial charge < -0.3 is 19.8 Å². The van der Waals surface area contributed by atoms with Crippen LogP contribution >= 0.6 is 0 Å². The maximum absolute atomic E-state index is 12.3. The molecule has 0 aromatic carbocycles. The van der Waals surface area contributed by atoms with Crippen LogP contribution in [-0.4, -0.2) is 59.4 Å². The summed E-state index contributed by atoms with van der Waals surface area (Å²) in [5.74, 6) is 0.725. The smallest absolute Gasteiger partial charge is 0.262 e. The molecule has 0 saturated carbocycles. The number of anilines is 2. The molecule has 1 aliphatic heterocycles. The van der Waals surface area contributed by atoms with E-state index in [2.05, 4.69) is 30.5 Å². The predicted molar refractivity (Wildman–Crippen MR) is 113 cm³/mol. The van der Waals surface area contributed by atoms with Crippen molar-refractivity contribution in [1.82, 2.24) is 34.8 Å². The number of rotatable bonds is 5. The van der Waals surface area contributed by atoms with Gasteiger partial charge in [-0.15, -0.1) is 0 Å². The number of likely N-dealkylation sites (N-methyl/N-ethyl adjacent to an activating group) is 1. The molecule has 0 radical (unpaired) electrons. The van der Waals surface area contributed by atoms with Gasteiger partial charge in [0.05, 0.1) is 17.1 Å². The monoisotopic (exact) mass is 432 g/mol. The molecule has 1 saturated heterocycles. The average molecular weight is 432 g/mol. The first-order valence-electron chi connectivity index (χ1n) is 9.95. The normalized spacial score (nSPS) is 18.3. The number of aliphatic hydroxyl groups is 1. The second kappa shape index (κ2) is 7.54. The topological polar surface area (TPSA) is 135 Å². The van der Waals surface area contributed by atoms with Gasteiger partial charge in [-0.25, -0.2) is 15.0 Å². The molecule has 1 atom stereocenters. The summed E-state index contributed by atoms with van der Waals surface area (Å²) in [6.07, 6.45) is 3.70. The molecule has 32 heavy (non-hydrogen) atoms. The Morgan fingerprint density at radius 3 is 2.59 bits per heavy atom. The van der Waals surface area contributed by atoms with E-state index in [1.165, 1.54) is 4.90 Å². The van der Waals surface area contributed by atoms with Gasteiger partial charge in [0, 0.05) is 51.6 Å². The molecular weight excluding hydrogens is 412 g/mol. The summed E-state index contributed by atoms with van der Waals surface area (Å²) >= 11 is 0. The van der Waals surface area contributed by atoms with E-state index in [1.54, 1.807) is 36.1 Å². The number of aryl methyl sites for hydroxylation is 1. The van der Waals surface area contributed by atoms with Crippen LogP contribution in [0.25, 0.3) is 22.8 Å². The molecular formula is C21H20N8O3. The summed E-state index contributed by atoms with van der Waals surface area (Å²) in [5.41, 5.74) is 0.455. The first-order valence-corrected chi connectivity index (χ1v) is 9.95. The number of pyridine rings is 1. The number of hydrogen-bond acceptors (Lipinski definition) is 9. The van der Waals surface area contributed by atoms with Crippen LogP contribution in [0.5, 0.6) is 0 Å². The molecule has 5 rings (SSSR count). The quantitative estimate of drug-likeness (QED) is 0.483. The van der Waals surface area contributed by atoms with Crippen LogP contribution in [0.15, 0.2) is 53.3 Å². The van der Waals surface area contributed by atoms with E-state index < -0.39 is 11.5 Å². The van der Waals surface area contributed by atoms with Gasteiger partial charge in [-0.2, -0.15) is 5.10 Å². The number of amides is 1. The second-order valence-corrected chi connectivity index (χ2v) is 7.59.